The molecule has 1 aliphatic rings. The van der Waals surface area contributed by atoms with E-state index in [1.807, 2.05) is 72.2 Å². The van der Waals surface area contributed by atoms with Gasteiger partial charge in [-0.25, -0.2) is 0 Å². The van der Waals surface area contributed by atoms with Crippen LogP contribution in [0.1, 0.15) is 31.8 Å². The van der Waals surface area contributed by atoms with Gasteiger partial charge in [0.2, 0.25) is 0 Å². The highest BCUT2D eigenvalue weighted by Crippen LogP contribution is 2.14. The van der Waals surface area contributed by atoms with Crippen LogP contribution in [0, 0.1) is 13.8 Å². The second kappa shape index (κ2) is 6.87. The Bertz CT molecular complexity index is 744. The van der Waals surface area contributed by atoms with Gasteiger partial charge in [0, 0.05) is 37.3 Å². The van der Waals surface area contributed by atoms with Crippen molar-refractivity contribution in [3.8, 4) is 0 Å². The van der Waals surface area contributed by atoms with Crippen molar-refractivity contribution in [2.45, 2.75) is 13.8 Å². The third-order valence-corrected chi connectivity index (χ3v) is 4.53. The number of carbonyl (C=O) groups is 2. The largest absolute Gasteiger partial charge is 0.335 e. The summed E-state index contributed by atoms with van der Waals surface area (Å²) in [5, 5.41) is 0. The molecule has 0 spiro atoms. The number of piperazine rings is 1. The highest BCUT2D eigenvalue weighted by atomic mass is 16.2. The number of benzene rings is 2. The van der Waals surface area contributed by atoms with Gasteiger partial charge >= 0.3 is 0 Å². The van der Waals surface area contributed by atoms with Crippen LogP contribution in [-0.2, 0) is 0 Å². The average molecular weight is 322 g/mol. The zero-order chi connectivity index (χ0) is 17.1. The molecule has 1 saturated heterocycles. The molecule has 4 heteroatoms. The van der Waals surface area contributed by atoms with E-state index in [1.54, 1.807) is 0 Å². The van der Waals surface area contributed by atoms with Gasteiger partial charge in [0.1, 0.15) is 0 Å². The van der Waals surface area contributed by atoms with Gasteiger partial charge < -0.3 is 9.80 Å². The van der Waals surface area contributed by atoms with Crippen molar-refractivity contribution in [1.82, 2.24) is 9.80 Å². The third-order valence-electron chi connectivity index (χ3n) is 4.53. The van der Waals surface area contributed by atoms with Gasteiger partial charge in [0.15, 0.2) is 0 Å². The van der Waals surface area contributed by atoms with Crippen molar-refractivity contribution in [2.24, 2.45) is 0 Å². The maximum absolute atomic E-state index is 12.6. The Morgan fingerprint density at radius 2 is 1.29 bits per heavy atom. The minimum absolute atomic E-state index is 0.0398. The fraction of sp³-hybridized carbons (Fsp3) is 0.300. The molecule has 1 heterocycles. The Labute approximate surface area is 142 Å². The molecule has 2 aromatic carbocycles. The molecule has 0 aliphatic carbocycles. The van der Waals surface area contributed by atoms with Crippen LogP contribution < -0.4 is 0 Å². The number of rotatable bonds is 2. The standard InChI is InChI=1S/C20H22N2O2/c1-15-7-9-17(10-8-15)19(23)21-11-13-22(14-12-21)20(24)18-6-4-3-5-16(18)2/h3-10H,11-14H2,1-2H3. The zero-order valence-corrected chi connectivity index (χ0v) is 14.2. The lowest BCUT2D eigenvalue weighted by atomic mass is 10.1. The van der Waals surface area contributed by atoms with E-state index in [2.05, 4.69) is 0 Å². The molecule has 0 radical (unpaired) electrons. The number of aryl methyl sites for hydroxylation is 2. The molecule has 0 atom stereocenters. The predicted octanol–water partition coefficient (Wildman–Crippen LogP) is 2.90. The number of amides is 2. The summed E-state index contributed by atoms with van der Waals surface area (Å²) in [7, 11) is 0. The van der Waals surface area contributed by atoms with Gasteiger partial charge in [0.25, 0.3) is 11.8 Å². The fourth-order valence-corrected chi connectivity index (χ4v) is 2.97. The lowest BCUT2D eigenvalue weighted by Gasteiger charge is -2.35. The summed E-state index contributed by atoms with van der Waals surface area (Å²) in [5.41, 5.74) is 3.58. The van der Waals surface area contributed by atoms with Crippen LogP contribution in [0.4, 0.5) is 0 Å². The number of hydrogen-bond acceptors (Lipinski definition) is 2. The number of nitrogens with zero attached hydrogens (tertiary/aromatic N) is 2. The summed E-state index contributed by atoms with van der Waals surface area (Å²) < 4.78 is 0. The SMILES string of the molecule is Cc1ccc(C(=O)N2CCN(C(=O)c3ccccc3C)CC2)cc1. The van der Waals surface area contributed by atoms with Gasteiger partial charge in [-0.1, -0.05) is 35.9 Å². The van der Waals surface area contributed by atoms with E-state index in [4.69, 9.17) is 0 Å². The first-order chi connectivity index (χ1) is 11.6. The Morgan fingerprint density at radius 1 is 0.750 bits per heavy atom. The average Bonchev–Trinajstić information content (AvgIpc) is 2.62. The molecular weight excluding hydrogens is 300 g/mol. The van der Waals surface area contributed by atoms with Crippen molar-refractivity contribution < 1.29 is 9.59 Å². The molecule has 3 rings (SSSR count). The summed E-state index contributed by atoms with van der Waals surface area (Å²) in [6.07, 6.45) is 0. The minimum Gasteiger partial charge on any atom is -0.335 e. The molecule has 0 unspecified atom stereocenters. The molecule has 1 aliphatic heterocycles. The first-order valence-corrected chi connectivity index (χ1v) is 8.27. The Morgan fingerprint density at radius 3 is 1.88 bits per heavy atom. The van der Waals surface area contributed by atoms with E-state index in [0.29, 0.717) is 31.7 Å². The smallest absolute Gasteiger partial charge is 0.254 e. The van der Waals surface area contributed by atoms with Crippen LogP contribution in [0.3, 0.4) is 0 Å². The Balaban J connectivity index is 1.63. The lowest BCUT2D eigenvalue weighted by Crippen LogP contribution is -2.50. The molecule has 0 saturated carbocycles. The predicted molar refractivity (Wildman–Crippen MR) is 94.2 cm³/mol. The van der Waals surface area contributed by atoms with E-state index in [0.717, 1.165) is 16.7 Å². The van der Waals surface area contributed by atoms with Crippen molar-refractivity contribution in [1.29, 1.82) is 0 Å². The van der Waals surface area contributed by atoms with Crippen LogP contribution in [-0.4, -0.2) is 47.8 Å². The topological polar surface area (TPSA) is 40.6 Å². The maximum atomic E-state index is 12.6. The molecule has 2 aromatic rings. The summed E-state index contributed by atoms with van der Waals surface area (Å²) in [6.45, 7) is 6.25. The van der Waals surface area contributed by atoms with Gasteiger partial charge in [-0.2, -0.15) is 0 Å². The van der Waals surface area contributed by atoms with E-state index >= 15 is 0 Å². The summed E-state index contributed by atoms with van der Waals surface area (Å²) in [5.74, 6) is 0.0912. The van der Waals surface area contributed by atoms with Crippen LogP contribution in [0.25, 0.3) is 0 Å². The highest BCUT2D eigenvalue weighted by Gasteiger charge is 2.25. The number of carbonyl (C=O) groups excluding carboxylic acids is 2. The van der Waals surface area contributed by atoms with Crippen molar-refractivity contribution >= 4 is 11.8 Å². The highest BCUT2D eigenvalue weighted by molar-refractivity contribution is 5.96. The maximum Gasteiger partial charge on any atom is 0.254 e. The van der Waals surface area contributed by atoms with Gasteiger partial charge in [-0.3, -0.25) is 9.59 Å². The number of hydrogen-bond donors (Lipinski definition) is 0. The molecule has 0 aromatic heterocycles. The van der Waals surface area contributed by atoms with Crippen LogP contribution in [0.2, 0.25) is 0 Å². The first-order valence-electron chi connectivity index (χ1n) is 8.27. The van der Waals surface area contributed by atoms with E-state index in [9.17, 15) is 9.59 Å². The molecule has 24 heavy (non-hydrogen) atoms. The van der Waals surface area contributed by atoms with E-state index in [1.165, 1.54) is 0 Å². The van der Waals surface area contributed by atoms with Gasteiger partial charge in [-0.05, 0) is 37.6 Å². The fourth-order valence-electron chi connectivity index (χ4n) is 2.97. The third kappa shape index (κ3) is 3.32. The second-order valence-electron chi connectivity index (χ2n) is 6.27. The molecule has 1 fully saturated rings. The van der Waals surface area contributed by atoms with Crippen LogP contribution in [0.15, 0.2) is 48.5 Å². The molecule has 2 amide bonds. The van der Waals surface area contributed by atoms with Gasteiger partial charge in [0.05, 0.1) is 0 Å². The molecule has 0 bridgehead atoms. The summed E-state index contributed by atoms with van der Waals surface area (Å²) in [6, 6.07) is 15.3. The first kappa shape index (κ1) is 16.2. The molecule has 4 nitrogen and oxygen atoms in total. The second-order valence-corrected chi connectivity index (χ2v) is 6.27. The summed E-state index contributed by atoms with van der Waals surface area (Å²) >= 11 is 0. The zero-order valence-electron chi connectivity index (χ0n) is 14.2. The monoisotopic (exact) mass is 322 g/mol. The van der Waals surface area contributed by atoms with E-state index < -0.39 is 0 Å². The van der Waals surface area contributed by atoms with Crippen LogP contribution >= 0.6 is 0 Å². The Kier molecular flexibility index (Phi) is 4.65. The molecular formula is C20H22N2O2. The van der Waals surface area contributed by atoms with Crippen molar-refractivity contribution in [2.75, 3.05) is 26.2 Å². The van der Waals surface area contributed by atoms with Crippen molar-refractivity contribution in [3.63, 3.8) is 0 Å². The van der Waals surface area contributed by atoms with E-state index in [-0.39, 0.29) is 11.8 Å². The molecule has 124 valence electrons. The van der Waals surface area contributed by atoms with Crippen molar-refractivity contribution in [3.05, 3.63) is 70.8 Å². The quantitative estimate of drug-likeness (QED) is 0.853. The summed E-state index contributed by atoms with van der Waals surface area (Å²) in [4.78, 5) is 28.8. The minimum atomic E-state index is 0.0398. The lowest BCUT2D eigenvalue weighted by molar-refractivity contribution is 0.0535. The normalized spacial score (nSPS) is 14.6. The van der Waals surface area contributed by atoms with Crippen LogP contribution in [0.5, 0.6) is 0 Å². The molecule has 0 N–H and O–H groups in total. The Hall–Kier alpha value is -2.62. The van der Waals surface area contributed by atoms with Gasteiger partial charge in [-0.15, -0.1) is 0 Å².